The van der Waals surface area contributed by atoms with E-state index in [0.29, 0.717) is 0 Å². The van der Waals surface area contributed by atoms with Crippen LogP contribution in [0.4, 0.5) is 4.79 Å². The molecule has 9 heteroatoms. The highest BCUT2D eigenvalue weighted by Crippen LogP contribution is 2.02. The van der Waals surface area contributed by atoms with E-state index in [-0.39, 0.29) is 6.54 Å². The Morgan fingerprint density at radius 2 is 1.83 bits per heavy atom. The van der Waals surface area contributed by atoms with Crippen LogP contribution in [-0.4, -0.2) is 44.7 Å². The van der Waals surface area contributed by atoms with Gasteiger partial charge in [-0.3, -0.25) is 10.1 Å². The average Bonchev–Trinajstić information content (AvgIpc) is 2.09. The van der Waals surface area contributed by atoms with Crippen LogP contribution in [0, 0.1) is 0 Å². The van der Waals surface area contributed by atoms with Crippen molar-refractivity contribution < 1.29 is 18.0 Å². The van der Waals surface area contributed by atoms with Crippen molar-refractivity contribution in [3.63, 3.8) is 0 Å². The lowest BCUT2D eigenvalue weighted by atomic mass is 10.1. The number of carbonyl (C=O) groups excluding carboxylic acids is 2. The molecule has 0 aromatic heterocycles. The highest BCUT2D eigenvalue weighted by molar-refractivity contribution is 7.88. The van der Waals surface area contributed by atoms with E-state index in [1.807, 2.05) is 5.32 Å². The summed E-state index contributed by atoms with van der Waals surface area (Å²) in [7, 11) is -3.33. The van der Waals surface area contributed by atoms with Gasteiger partial charge in [-0.05, 0) is 20.8 Å². The van der Waals surface area contributed by atoms with E-state index in [1.54, 1.807) is 13.8 Å². The molecule has 0 radical (unpaired) electrons. The zero-order valence-corrected chi connectivity index (χ0v) is 11.7. The molecule has 0 saturated carbocycles. The van der Waals surface area contributed by atoms with E-state index in [9.17, 15) is 18.0 Å². The molecular formula is C9H20N4O4S. The Labute approximate surface area is 107 Å². The monoisotopic (exact) mass is 280 g/mol. The zero-order chi connectivity index (χ0) is 14.6. The lowest BCUT2D eigenvalue weighted by Crippen LogP contribution is -2.54. The summed E-state index contributed by atoms with van der Waals surface area (Å²) in [5.41, 5.74) is 4.05. The summed E-state index contributed by atoms with van der Waals surface area (Å²) in [6.45, 7) is 5.09. The van der Waals surface area contributed by atoms with E-state index in [4.69, 9.17) is 5.73 Å². The number of rotatable bonds is 6. The van der Waals surface area contributed by atoms with Crippen LogP contribution in [0.15, 0.2) is 0 Å². The van der Waals surface area contributed by atoms with Gasteiger partial charge in [0.25, 0.3) is 0 Å². The van der Waals surface area contributed by atoms with Crippen LogP contribution in [0.25, 0.3) is 0 Å². The standard InChI is InChI=1S/C9H20N4O4S/c1-6(7(14)12-8(10)15)11-5-9(2,3)13-18(4,16)17/h6,11,13H,5H2,1-4H3,(H3,10,12,14,15). The minimum atomic E-state index is -3.33. The van der Waals surface area contributed by atoms with Gasteiger partial charge in [0.2, 0.25) is 15.9 Å². The third kappa shape index (κ3) is 7.98. The van der Waals surface area contributed by atoms with E-state index in [1.165, 1.54) is 6.92 Å². The summed E-state index contributed by atoms with van der Waals surface area (Å²) in [5, 5.41) is 4.73. The fourth-order valence-electron chi connectivity index (χ4n) is 1.27. The third-order valence-electron chi connectivity index (χ3n) is 1.95. The topological polar surface area (TPSA) is 130 Å². The first kappa shape index (κ1) is 16.8. The molecule has 1 unspecified atom stereocenters. The van der Waals surface area contributed by atoms with Gasteiger partial charge in [-0.25, -0.2) is 17.9 Å². The van der Waals surface area contributed by atoms with Crippen molar-refractivity contribution in [1.29, 1.82) is 0 Å². The summed E-state index contributed by atoms with van der Waals surface area (Å²) in [6.07, 6.45) is 1.05. The van der Waals surface area contributed by atoms with Crippen molar-refractivity contribution in [3.05, 3.63) is 0 Å². The van der Waals surface area contributed by atoms with Crippen LogP contribution in [-0.2, 0) is 14.8 Å². The molecule has 0 aliphatic carbocycles. The van der Waals surface area contributed by atoms with Gasteiger partial charge in [0.05, 0.1) is 12.3 Å². The van der Waals surface area contributed by atoms with Gasteiger partial charge in [0, 0.05) is 12.1 Å². The lowest BCUT2D eigenvalue weighted by molar-refractivity contribution is -0.121. The fourth-order valence-corrected chi connectivity index (χ4v) is 2.34. The number of nitrogens with two attached hydrogens (primary N) is 1. The molecule has 8 nitrogen and oxygen atoms in total. The molecule has 0 saturated heterocycles. The van der Waals surface area contributed by atoms with Gasteiger partial charge >= 0.3 is 6.03 Å². The number of carbonyl (C=O) groups is 2. The Bertz CT molecular complexity index is 418. The predicted molar refractivity (Wildman–Crippen MR) is 67.2 cm³/mol. The third-order valence-corrected chi connectivity index (χ3v) is 2.87. The summed E-state index contributed by atoms with van der Waals surface area (Å²) >= 11 is 0. The van der Waals surface area contributed by atoms with E-state index < -0.39 is 33.5 Å². The highest BCUT2D eigenvalue weighted by atomic mass is 32.2. The number of hydrogen-bond donors (Lipinski definition) is 4. The summed E-state index contributed by atoms with van der Waals surface area (Å²) < 4.78 is 24.6. The van der Waals surface area contributed by atoms with Crippen LogP contribution in [0.2, 0.25) is 0 Å². The molecule has 0 fully saturated rings. The van der Waals surface area contributed by atoms with Crippen molar-refractivity contribution >= 4 is 22.0 Å². The van der Waals surface area contributed by atoms with Gasteiger partial charge in [0.15, 0.2) is 0 Å². The largest absolute Gasteiger partial charge is 0.351 e. The van der Waals surface area contributed by atoms with Crippen molar-refractivity contribution in [2.45, 2.75) is 32.4 Å². The molecule has 0 aliphatic rings. The first-order valence-electron chi connectivity index (χ1n) is 5.25. The maximum atomic E-state index is 11.3. The van der Waals surface area contributed by atoms with Crippen molar-refractivity contribution in [2.24, 2.45) is 5.73 Å². The van der Waals surface area contributed by atoms with Gasteiger partial charge in [-0.2, -0.15) is 0 Å². The van der Waals surface area contributed by atoms with Crippen LogP contribution in [0.5, 0.6) is 0 Å². The Morgan fingerprint density at radius 1 is 1.33 bits per heavy atom. The maximum absolute atomic E-state index is 11.3. The molecule has 0 bridgehead atoms. The average molecular weight is 280 g/mol. The molecule has 0 aliphatic heterocycles. The molecule has 0 heterocycles. The molecule has 0 rings (SSSR count). The smallest absolute Gasteiger partial charge is 0.318 e. The molecule has 0 aromatic rings. The predicted octanol–water partition coefficient (Wildman–Crippen LogP) is -1.51. The number of hydrogen-bond acceptors (Lipinski definition) is 5. The van der Waals surface area contributed by atoms with Crippen LogP contribution < -0.4 is 21.1 Å². The second-order valence-electron chi connectivity index (χ2n) is 4.71. The number of sulfonamides is 1. The summed E-state index contributed by atoms with van der Waals surface area (Å²) in [4.78, 5) is 21.8. The lowest BCUT2D eigenvalue weighted by Gasteiger charge is -2.27. The summed E-state index contributed by atoms with van der Waals surface area (Å²) in [6, 6.07) is -1.60. The van der Waals surface area contributed by atoms with Gasteiger partial charge in [0.1, 0.15) is 0 Å². The zero-order valence-electron chi connectivity index (χ0n) is 10.9. The van der Waals surface area contributed by atoms with Crippen LogP contribution in [0.1, 0.15) is 20.8 Å². The number of nitrogens with one attached hydrogen (secondary N) is 3. The quantitative estimate of drug-likeness (QED) is 0.470. The number of imide groups is 1. The first-order valence-corrected chi connectivity index (χ1v) is 7.15. The van der Waals surface area contributed by atoms with Crippen LogP contribution >= 0.6 is 0 Å². The van der Waals surface area contributed by atoms with Gasteiger partial charge in [-0.1, -0.05) is 0 Å². The molecule has 0 aromatic carbocycles. The molecular weight excluding hydrogens is 260 g/mol. The maximum Gasteiger partial charge on any atom is 0.318 e. The van der Waals surface area contributed by atoms with Crippen molar-refractivity contribution in [3.8, 4) is 0 Å². The number of urea groups is 1. The SMILES string of the molecule is CC(NCC(C)(C)NS(C)(=O)=O)C(=O)NC(N)=O. The number of amides is 3. The van der Waals surface area contributed by atoms with E-state index in [2.05, 4.69) is 10.0 Å². The molecule has 1 atom stereocenters. The van der Waals surface area contributed by atoms with Crippen molar-refractivity contribution in [1.82, 2.24) is 15.4 Å². The Kier molecular flexibility index (Phi) is 5.71. The van der Waals surface area contributed by atoms with Crippen molar-refractivity contribution in [2.75, 3.05) is 12.8 Å². The van der Waals surface area contributed by atoms with Gasteiger partial charge in [-0.15, -0.1) is 0 Å². The molecule has 3 amide bonds. The summed E-state index contributed by atoms with van der Waals surface area (Å²) in [5.74, 6) is -0.572. The van der Waals surface area contributed by atoms with E-state index in [0.717, 1.165) is 6.26 Å². The minimum Gasteiger partial charge on any atom is -0.351 e. The number of primary amides is 1. The minimum absolute atomic E-state index is 0.216. The Hall–Kier alpha value is -1.19. The van der Waals surface area contributed by atoms with E-state index >= 15 is 0 Å². The second-order valence-corrected chi connectivity index (χ2v) is 6.46. The molecule has 5 N–H and O–H groups in total. The fraction of sp³-hybridized carbons (Fsp3) is 0.778. The molecule has 106 valence electrons. The first-order chi connectivity index (χ1) is 7.93. The Balaban J connectivity index is 4.31. The normalized spacial score (nSPS) is 14.0. The highest BCUT2D eigenvalue weighted by Gasteiger charge is 2.24. The molecule has 18 heavy (non-hydrogen) atoms. The molecule has 0 spiro atoms. The Morgan fingerprint density at radius 3 is 2.22 bits per heavy atom. The van der Waals surface area contributed by atoms with Gasteiger partial charge < -0.3 is 11.1 Å². The van der Waals surface area contributed by atoms with Crippen LogP contribution in [0.3, 0.4) is 0 Å². The second kappa shape index (κ2) is 6.12.